The molecule has 3 aliphatic rings. The fourth-order valence-corrected chi connectivity index (χ4v) is 3.65. The minimum atomic E-state index is -0.170. The second-order valence-corrected chi connectivity index (χ2v) is 6.46. The highest BCUT2D eigenvalue weighted by Gasteiger charge is 2.27. The quantitative estimate of drug-likeness (QED) is 0.741. The van der Waals surface area contributed by atoms with Crippen LogP contribution in [0.25, 0.3) is 6.08 Å². The molecule has 0 bridgehead atoms. The van der Waals surface area contributed by atoms with E-state index in [4.69, 9.17) is 9.47 Å². The van der Waals surface area contributed by atoms with Crippen molar-refractivity contribution in [3.05, 3.63) is 46.4 Å². The van der Waals surface area contributed by atoms with Gasteiger partial charge in [-0.2, -0.15) is 4.99 Å². The summed E-state index contributed by atoms with van der Waals surface area (Å²) in [6.45, 7) is 3.41. The van der Waals surface area contributed by atoms with Crippen LogP contribution in [0, 0.1) is 0 Å². The maximum atomic E-state index is 12.1. The van der Waals surface area contributed by atoms with E-state index in [1.165, 1.54) is 11.8 Å². The molecular weight excluding hydrogens is 312 g/mol. The number of hydrogen-bond donors (Lipinski definition) is 0. The lowest BCUT2D eigenvalue weighted by atomic mass is 10.1. The van der Waals surface area contributed by atoms with Crippen molar-refractivity contribution in [3.8, 4) is 5.75 Å². The third kappa shape index (κ3) is 3.04. The molecule has 0 radical (unpaired) electrons. The predicted molar refractivity (Wildman–Crippen MR) is 90.4 cm³/mol. The Hall–Kier alpha value is -2.05. The van der Waals surface area contributed by atoms with Crippen LogP contribution in [0.15, 0.2) is 45.8 Å². The van der Waals surface area contributed by atoms with Crippen molar-refractivity contribution in [2.45, 2.75) is 0 Å². The van der Waals surface area contributed by atoms with Gasteiger partial charge in [0.15, 0.2) is 5.17 Å². The molecule has 0 spiro atoms. The van der Waals surface area contributed by atoms with Gasteiger partial charge in [0, 0.05) is 18.7 Å². The number of rotatable bonds is 1. The number of para-hydroxylation sites is 1. The van der Waals surface area contributed by atoms with Crippen molar-refractivity contribution in [2.24, 2.45) is 4.99 Å². The Kier molecular flexibility index (Phi) is 3.93. The van der Waals surface area contributed by atoms with Gasteiger partial charge in [0.25, 0.3) is 5.91 Å². The monoisotopic (exact) mass is 328 g/mol. The third-order valence-electron chi connectivity index (χ3n) is 3.86. The number of fused-ring (bicyclic) bond motifs is 1. The van der Waals surface area contributed by atoms with Gasteiger partial charge in [0.2, 0.25) is 0 Å². The molecule has 1 aromatic carbocycles. The Morgan fingerprint density at radius 3 is 2.91 bits per heavy atom. The number of amidine groups is 1. The fourth-order valence-electron chi connectivity index (χ4n) is 2.67. The minimum absolute atomic E-state index is 0.170. The highest BCUT2D eigenvalue weighted by Crippen LogP contribution is 2.32. The first-order valence-electron chi connectivity index (χ1n) is 7.57. The zero-order chi connectivity index (χ0) is 15.6. The van der Waals surface area contributed by atoms with Gasteiger partial charge in [-0.1, -0.05) is 18.2 Å². The van der Waals surface area contributed by atoms with Crippen LogP contribution < -0.4 is 4.74 Å². The number of carbonyl (C=O) groups excluding carboxylic acids is 1. The molecule has 118 valence electrons. The number of thioether (sulfide) groups is 1. The molecule has 0 aliphatic carbocycles. The van der Waals surface area contributed by atoms with Crippen molar-refractivity contribution >= 4 is 28.9 Å². The van der Waals surface area contributed by atoms with Gasteiger partial charge in [-0.25, -0.2) is 0 Å². The van der Waals surface area contributed by atoms with Gasteiger partial charge in [-0.05, 0) is 35.6 Å². The maximum absolute atomic E-state index is 12.1. The Morgan fingerprint density at radius 2 is 2.04 bits per heavy atom. The lowest BCUT2D eigenvalue weighted by Gasteiger charge is -2.27. The van der Waals surface area contributed by atoms with E-state index in [1.54, 1.807) is 0 Å². The average Bonchev–Trinajstić information content (AvgIpc) is 2.96. The van der Waals surface area contributed by atoms with Crippen LogP contribution in [-0.2, 0) is 9.53 Å². The largest absolute Gasteiger partial charge is 0.488 e. The van der Waals surface area contributed by atoms with Crippen molar-refractivity contribution in [3.63, 3.8) is 0 Å². The van der Waals surface area contributed by atoms with Gasteiger partial charge in [-0.3, -0.25) is 4.79 Å². The van der Waals surface area contributed by atoms with E-state index in [0.717, 1.165) is 35.1 Å². The summed E-state index contributed by atoms with van der Waals surface area (Å²) in [6, 6.07) is 7.88. The van der Waals surface area contributed by atoms with Crippen LogP contribution >= 0.6 is 11.8 Å². The van der Waals surface area contributed by atoms with E-state index in [2.05, 4.69) is 16.0 Å². The summed E-state index contributed by atoms with van der Waals surface area (Å²) in [4.78, 5) is 19.1. The SMILES string of the molecule is O=C1N=C(N2CCOCC2)S/C1=C/C1=Cc2ccccc2OC1. The van der Waals surface area contributed by atoms with E-state index in [9.17, 15) is 4.79 Å². The van der Waals surface area contributed by atoms with Gasteiger partial charge < -0.3 is 14.4 Å². The predicted octanol–water partition coefficient (Wildman–Crippen LogP) is 2.31. The van der Waals surface area contributed by atoms with E-state index in [0.29, 0.717) is 24.7 Å². The molecule has 0 atom stereocenters. The molecule has 1 aromatic rings. The summed E-state index contributed by atoms with van der Waals surface area (Å²) < 4.78 is 11.1. The average molecular weight is 328 g/mol. The molecule has 6 heteroatoms. The summed E-state index contributed by atoms with van der Waals surface area (Å²) in [7, 11) is 0. The molecular formula is C17H16N2O3S. The Labute approximate surface area is 138 Å². The molecule has 5 nitrogen and oxygen atoms in total. The molecule has 3 heterocycles. The molecule has 0 N–H and O–H groups in total. The summed E-state index contributed by atoms with van der Waals surface area (Å²) in [5.74, 6) is 0.710. The molecule has 23 heavy (non-hydrogen) atoms. The fraction of sp³-hybridized carbons (Fsp3) is 0.294. The van der Waals surface area contributed by atoms with Crippen molar-refractivity contribution in [1.29, 1.82) is 0 Å². The van der Waals surface area contributed by atoms with Crippen LogP contribution in [0.5, 0.6) is 5.75 Å². The zero-order valence-electron chi connectivity index (χ0n) is 12.5. The number of aliphatic imine (C=N–C) groups is 1. The Bertz CT molecular complexity index is 733. The number of morpholine rings is 1. The van der Waals surface area contributed by atoms with Crippen LogP contribution in [-0.4, -0.2) is 48.9 Å². The van der Waals surface area contributed by atoms with Crippen molar-refractivity contribution in [1.82, 2.24) is 4.90 Å². The molecule has 1 saturated heterocycles. The Balaban J connectivity index is 1.52. The molecule has 0 aromatic heterocycles. The summed E-state index contributed by atoms with van der Waals surface area (Å²) in [5, 5.41) is 0.780. The normalized spacial score (nSPS) is 22.5. The maximum Gasteiger partial charge on any atom is 0.286 e. The number of hydrogen-bond acceptors (Lipinski definition) is 5. The van der Waals surface area contributed by atoms with Gasteiger partial charge in [0.1, 0.15) is 12.4 Å². The number of amides is 1. The van der Waals surface area contributed by atoms with Crippen molar-refractivity contribution < 1.29 is 14.3 Å². The molecule has 4 rings (SSSR count). The molecule has 1 amide bonds. The number of benzene rings is 1. The first-order valence-corrected chi connectivity index (χ1v) is 8.39. The first kappa shape index (κ1) is 14.5. The third-order valence-corrected chi connectivity index (χ3v) is 4.91. The molecule has 1 fully saturated rings. The van der Waals surface area contributed by atoms with Gasteiger partial charge >= 0.3 is 0 Å². The number of nitrogens with zero attached hydrogens (tertiary/aromatic N) is 2. The van der Waals surface area contributed by atoms with Gasteiger partial charge in [0.05, 0.1) is 18.1 Å². The zero-order valence-corrected chi connectivity index (χ0v) is 13.3. The van der Waals surface area contributed by atoms with Crippen LogP contribution in [0.1, 0.15) is 5.56 Å². The summed E-state index contributed by atoms with van der Waals surface area (Å²) in [6.07, 6.45) is 3.95. The Morgan fingerprint density at radius 1 is 1.22 bits per heavy atom. The highest BCUT2D eigenvalue weighted by atomic mass is 32.2. The number of ether oxygens (including phenoxy) is 2. The first-order chi connectivity index (χ1) is 11.3. The van der Waals surface area contributed by atoms with Crippen molar-refractivity contribution in [2.75, 3.05) is 32.9 Å². The topological polar surface area (TPSA) is 51.1 Å². The second kappa shape index (κ2) is 6.22. The summed E-state index contributed by atoms with van der Waals surface area (Å²) in [5.41, 5.74) is 2.02. The smallest absolute Gasteiger partial charge is 0.286 e. The molecule has 0 unspecified atom stereocenters. The minimum Gasteiger partial charge on any atom is -0.488 e. The lowest BCUT2D eigenvalue weighted by Crippen LogP contribution is -2.38. The number of carbonyl (C=O) groups is 1. The highest BCUT2D eigenvalue weighted by molar-refractivity contribution is 8.18. The second-order valence-electron chi connectivity index (χ2n) is 5.46. The summed E-state index contributed by atoms with van der Waals surface area (Å²) >= 11 is 1.44. The van der Waals surface area contributed by atoms with E-state index in [-0.39, 0.29) is 5.91 Å². The van der Waals surface area contributed by atoms with E-state index in [1.807, 2.05) is 30.3 Å². The molecule has 3 aliphatic heterocycles. The van der Waals surface area contributed by atoms with E-state index < -0.39 is 0 Å². The van der Waals surface area contributed by atoms with Gasteiger partial charge in [-0.15, -0.1) is 0 Å². The van der Waals surface area contributed by atoms with Crippen LogP contribution in [0.2, 0.25) is 0 Å². The standard InChI is InChI=1S/C17H16N2O3S/c20-16-15(23-17(18-16)19-5-7-21-8-6-19)10-12-9-13-3-1-2-4-14(13)22-11-12/h1-4,9-10H,5-8,11H2/b15-10+. The lowest BCUT2D eigenvalue weighted by molar-refractivity contribution is -0.113. The van der Waals surface area contributed by atoms with Crippen LogP contribution in [0.4, 0.5) is 0 Å². The molecule has 0 saturated carbocycles. The van der Waals surface area contributed by atoms with Crippen LogP contribution in [0.3, 0.4) is 0 Å². The van der Waals surface area contributed by atoms with E-state index >= 15 is 0 Å².